The number of sulfonamides is 1. The summed E-state index contributed by atoms with van der Waals surface area (Å²) in [5.41, 5.74) is 1.06. The van der Waals surface area contributed by atoms with Gasteiger partial charge >= 0.3 is 0 Å². The zero-order valence-electron chi connectivity index (χ0n) is 11.6. The second kappa shape index (κ2) is 6.78. The van der Waals surface area contributed by atoms with E-state index < -0.39 is 10.0 Å². The SMILES string of the molecule is CS(=O)(=O)N1CCCC(COc2ccc(CCl)cc2)C1. The van der Waals surface area contributed by atoms with Gasteiger partial charge in [0, 0.05) is 24.9 Å². The molecule has 0 saturated carbocycles. The Morgan fingerprint density at radius 3 is 2.65 bits per heavy atom. The predicted octanol–water partition coefficient (Wildman–Crippen LogP) is 2.48. The molecule has 1 aliphatic rings. The highest BCUT2D eigenvalue weighted by Gasteiger charge is 2.26. The molecular weight excluding hydrogens is 298 g/mol. The fourth-order valence-electron chi connectivity index (χ4n) is 2.35. The smallest absolute Gasteiger partial charge is 0.211 e. The van der Waals surface area contributed by atoms with Gasteiger partial charge in [0.2, 0.25) is 10.0 Å². The van der Waals surface area contributed by atoms with Crippen molar-refractivity contribution in [3.8, 4) is 5.75 Å². The third-order valence-electron chi connectivity index (χ3n) is 3.51. The van der Waals surface area contributed by atoms with Crippen LogP contribution in [0.25, 0.3) is 0 Å². The molecule has 0 aromatic heterocycles. The number of benzene rings is 1. The van der Waals surface area contributed by atoms with E-state index in [1.807, 2.05) is 24.3 Å². The van der Waals surface area contributed by atoms with Crippen LogP contribution in [-0.4, -0.2) is 38.7 Å². The van der Waals surface area contributed by atoms with E-state index in [1.54, 1.807) is 4.31 Å². The molecule has 1 unspecified atom stereocenters. The molecular formula is C14H20ClNO3S. The maximum absolute atomic E-state index is 11.5. The Kier molecular flexibility index (Phi) is 5.29. The summed E-state index contributed by atoms with van der Waals surface area (Å²) in [6.07, 6.45) is 3.17. The standard InChI is InChI=1S/C14H20ClNO3S/c1-20(17,18)16-8-2-3-13(10-16)11-19-14-6-4-12(9-15)5-7-14/h4-7,13H,2-3,8-11H2,1H3. The Morgan fingerprint density at radius 2 is 2.05 bits per heavy atom. The van der Waals surface area contributed by atoms with Crippen molar-refractivity contribution in [1.29, 1.82) is 0 Å². The van der Waals surface area contributed by atoms with E-state index in [9.17, 15) is 8.42 Å². The van der Waals surface area contributed by atoms with Gasteiger partial charge in [0.25, 0.3) is 0 Å². The molecule has 0 N–H and O–H groups in total. The van der Waals surface area contributed by atoms with Crippen LogP contribution in [0.15, 0.2) is 24.3 Å². The Hall–Kier alpha value is -0.780. The lowest BCUT2D eigenvalue weighted by Crippen LogP contribution is -2.40. The van der Waals surface area contributed by atoms with Crippen LogP contribution in [0.1, 0.15) is 18.4 Å². The lowest BCUT2D eigenvalue weighted by atomic mass is 10.0. The molecule has 0 radical (unpaired) electrons. The van der Waals surface area contributed by atoms with E-state index in [1.165, 1.54) is 6.26 Å². The molecule has 0 bridgehead atoms. The first-order valence-corrected chi connectivity index (χ1v) is 9.10. The molecule has 0 spiro atoms. The fraction of sp³-hybridized carbons (Fsp3) is 0.571. The maximum atomic E-state index is 11.5. The van der Waals surface area contributed by atoms with E-state index >= 15 is 0 Å². The van der Waals surface area contributed by atoms with Crippen LogP contribution in [-0.2, 0) is 15.9 Å². The first-order valence-electron chi connectivity index (χ1n) is 6.72. The molecule has 0 amide bonds. The quantitative estimate of drug-likeness (QED) is 0.784. The lowest BCUT2D eigenvalue weighted by molar-refractivity contribution is 0.180. The van der Waals surface area contributed by atoms with Crippen LogP contribution in [0, 0.1) is 5.92 Å². The number of hydrogen-bond acceptors (Lipinski definition) is 3. The van der Waals surface area contributed by atoms with Crippen molar-refractivity contribution < 1.29 is 13.2 Å². The fourth-order valence-corrected chi connectivity index (χ4v) is 3.47. The molecule has 112 valence electrons. The zero-order chi connectivity index (χ0) is 14.6. The van der Waals surface area contributed by atoms with Crippen LogP contribution >= 0.6 is 11.6 Å². The largest absolute Gasteiger partial charge is 0.493 e. The zero-order valence-corrected chi connectivity index (χ0v) is 13.2. The molecule has 20 heavy (non-hydrogen) atoms. The van der Waals surface area contributed by atoms with E-state index in [2.05, 4.69) is 0 Å². The summed E-state index contributed by atoms with van der Waals surface area (Å²) in [5, 5.41) is 0. The van der Waals surface area contributed by atoms with Gasteiger partial charge in [-0.2, -0.15) is 0 Å². The van der Waals surface area contributed by atoms with E-state index in [4.69, 9.17) is 16.3 Å². The third kappa shape index (κ3) is 4.36. The summed E-state index contributed by atoms with van der Waals surface area (Å²) >= 11 is 5.73. The van der Waals surface area contributed by atoms with Crippen molar-refractivity contribution in [2.45, 2.75) is 18.7 Å². The monoisotopic (exact) mass is 317 g/mol. The summed E-state index contributed by atoms with van der Waals surface area (Å²) in [7, 11) is -3.09. The first kappa shape index (κ1) is 15.6. The van der Waals surface area contributed by atoms with Crippen molar-refractivity contribution in [3.05, 3.63) is 29.8 Å². The first-order chi connectivity index (χ1) is 9.49. The molecule has 4 nitrogen and oxygen atoms in total. The van der Waals surface area contributed by atoms with Crippen LogP contribution < -0.4 is 4.74 Å². The van der Waals surface area contributed by atoms with E-state index in [0.717, 1.165) is 24.2 Å². The number of hydrogen-bond donors (Lipinski definition) is 0. The van der Waals surface area contributed by atoms with Gasteiger partial charge in [0.15, 0.2) is 0 Å². The second-order valence-corrected chi connectivity index (χ2v) is 7.47. The topological polar surface area (TPSA) is 46.6 Å². The summed E-state index contributed by atoms with van der Waals surface area (Å²) in [6, 6.07) is 7.67. The number of halogens is 1. The Morgan fingerprint density at radius 1 is 1.35 bits per heavy atom. The van der Waals surface area contributed by atoms with Gasteiger partial charge in [0.05, 0.1) is 12.9 Å². The maximum Gasteiger partial charge on any atom is 0.211 e. The molecule has 1 atom stereocenters. The van der Waals surface area contributed by atoms with Gasteiger partial charge in [-0.3, -0.25) is 0 Å². The Bertz CT molecular complexity index is 530. The minimum Gasteiger partial charge on any atom is -0.493 e. The molecule has 6 heteroatoms. The van der Waals surface area contributed by atoms with Crippen molar-refractivity contribution in [1.82, 2.24) is 4.31 Å². The highest BCUT2D eigenvalue weighted by atomic mass is 35.5. The normalized spacial score (nSPS) is 20.8. The Labute approximate surface area is 125 Å². The molecule has 2 rings (SSSR count). The van der Waals surface area contributed by atoms with E-state index in [-0.39, 0.29) is 5.92 Å². The molecule has 1 fully saturated rings. The van der Waals surface area contributed by atoms with Gasteiger partial charge in [0.1, 0.15) is 5.75 Å². The summed E-state index contributed by atoms with van der Waals surface area (Å²) < 4.78 is 30.4. The highest BCUT2D eigenvalue weighted by molar-refractivity contribution is 7.88. The third-order valence-corrected chi connectivity index (χ3v) is 5.09. The number of nitrogens with zero attached hydrogens (tertiary/aromatic N) is 1. The summed E-state index contributed by atoms with van der Waals surface area (Å²) in [5.74, 6) is 1.55. The number of alkyl halides is 1. The van der Waals surface area contributed by atoms with Crippen LogP contribution in [0.5, 0.6) is 5.75 Å². The van der Waals surface area contributed by atoms with Gasteiger partial charge in [-0.15, -0.1) is 11.6 Å². The van der Waals surface area contributed by atoms with Gasteiger partial charge < -0.3 is 4.74 Å². The van der Waals surface area contributed by atoms with Gasteiger partial charge in [-0.1, -0.05) is 12.1 Å². The average molecular weight is 318 g/mol. The molecule has 0 aliphatic carbocycles. The lowest BCUT2D eigenvalue weighted by Gasteiger charge is -2.30. The van der Waals surface area contributed by atoms with Crippen LogP contribution in [0.4, 0.5) is 0 Å². The van der Waals surface area contributed by atoms with Crippen molar-refractivity contribution >= 4 is 21.6 Å². The van der Waals surface area contributed by atoms with Crippen LogP contribution in [0.2, 0.25) is 0 Å². The van der Waals surface area contributed by atoms with Crippen molar-refractivity contribution in [2.75, 3.05) is 26.0 Å². The molecule has 1 aromatic rings. The molecule has 1 aliphatic heterocycles. The van der Waals surface area contributed by atoms with Crippen molar-refractivity contribution in [2.24, 2.45) is 5.92 Å². The number of rotatable bonds is 5. The van der Waals surface area contributed by atoms with E-state index in [0.29, 0.717) is 25.6 Å². The second-order valence-electron chi connectivity index (χ2n) is 5.22. The molecule has 1 saturated heterocycles. The van der Waals surface area contributed by atoms with Crippen LogP contribution in [0.3, 0.4) is 0 Å². The highest BCUT2D eigenvalue weighted by Crippen LogP contribution is 2.21. The molecule has 1 aromatic carbocycles. The minimum atomic E-state index is -3.09. The minimum absolute atomic E-state index is 0.256. The van der Waals surface area contributed by atoms with Gasteiger partial charge in [-0.05, 0) is 30.5 Å². The van der Waals surface area contributed by atoms with Crippen molar-refractivity contribution in [3.63, 3.8) is 0 Å². The number of ether oxygens (including phenoxy) is 1. The number of piperidine rings is 1. The predicted molar refractivity (Wildman–Crippen MR) is 80.6 cm³/mol. The average Bonchev–Trinajstić information content (AvgIpc) is 2.45. The molecule has 1 heterocycles. The van der Waals surface area contributed by atoms with Gasteiger partial charge in [-0.25, -0.2) is 12.7 Å². The Balaban J connectivity index is 1.87. The summed E-state index contributed by atoms with van der Waals surface area (Å²) in [4.78, 5) is 0. The summed E-state index contributed by atoms with van der Waals surface area (Å²) in [6.45, 7) is 1.73.